The van der Waals surface area contributed by atoms with Crippen molar-refractivity contribution >= 4 is 9.76 Å². The van der Waals surface area contributed by atoms with E-state index in [2.05, 4.69) is 77.0 Å². The van der Waals surface area contributed by atoms with Crippen molar-refractivity contribution in [3.8, 4) is 0 Å². The zero-order chi connectivity index (χ0) is 22.3. The Morgan fingerprint density at radius 1 is 0.621 bits per heavy atom. The van der Waals surface area contributed by atoms with Crippen molar-refractivity contribution in [1.29, 1.82) is 0 Å². The second-order valence-corrected chi connectivity index (χ2v) is 10.4. The number of hydrogen-bond donors (Lipinski definition) is 0. The highest BCUT2D eigenvalue weighted by molar-refractivity contribution is 6.27. The Balaban J connectivity index is 5.49. The molecule has 0 amide bonds. The van der Waals surface area contributed by atoms with Gasteiger partial charge in [0.25, 0.3) is 0 Å². The minimum atomic E-state index is -0.490. The summed E-state index contributed by atoms with van der Waals surface area (Å²) in [4.78, 5) is 7.95. The second-order valence-electron chi connectivity index (χ2n) is 8.99. The standard InChI is InChI=1S/C24H55N3OSi/c1-10-23(9,11-2)28-29-19-18-24(20-25(12-3)13-4,21-26(14-5)15-6)22-27(16-7)17-8/h10-22,29H2,1-9H3. The highest BCUT2D eigenvalue weighted by Gasteiger charge is 2.35. The van der Waals surface area contributed by atoms with Crippen LogP contribution in [0.1, 0.15) is 81.6 Å². The molecule has 0 atom stereocenters. The van der Waals surface area contributed by atoms with Gasteiger partial charge in [0.2, 0.25) is 0 Å². The van der Waals surface area contributed by atoms with Gasteiger partial charge >= 0.3 is 0 Å². The summed E-state index contributed by atoms with van der Waals surface area (Å²) in [5, 5.41) is 0. The average Bonchev–Trinajstić information content (AvgIpc) is 2.76. The number of rotatable bonds is 19. The highest BCUT2D eigenvalue weighted by Crippen LogP contribution is 2.30. The smallest absolute Gasteiger partial charge is 0.162 e. The maximum Gasteiger partial charge on any atom is 0.162 e. The van der Waals surface area contributed by atoms with Gasteiger partial charge in [-0.2, -0.15) is 0 Å². The van der Waals surface area contributed by atoms with Crippen LogP contribution in [0, 0.1) is 5.41 Å². The lowest BCUT2D eigenvalue weighted by Crippen LogP contribution is -2.52. The summed E-state index contributed by atoms with van der Waals surface area (Å²) in [6.07, 6.45) is 3.55. The second kappa shape index (κ2) is 15.8. The van der Waals surface area contributed by atoms with Gasteiger partial charge in [-0.1, -0.05) is 55.4 Å². The topological polar surface area (TPSA) is 19.0 Å². The molecule has 0 aromatic rings. The summed E-state index contributed by atoms with van der Waals surface area (Å²) >= 11 is 0. The monoisotopic (exact) mass is 429 g/mol. The molecule has 0 saturated heterocycles. The number of nitrogens with zero attached hydrogens (tertiary/aromatic N) is 3. The normalized spacial score (nSPS) is 13.7. The Morgan fingerprint density at radius 3 is 1.24 bits per heavy atom. The molecule has 5 heteroatoms. The molecule has 4 nitrogen and oxygen atoms in total. The van der Waals surface area contributed by atoms with Gasteiger partial charge < -0.3 is 19.1 Å². The Bertz CT molecular complexity index is 342. The van der Waals surface area contributed by atoms with E-state index in [1.165, 1.54) is 32.1 Å². The fourth-order valence-corrected chi connectivity index (χ4v) is 6.31. The molecule has 0 aliphatic rings. The molecule has 176 valence electrons. The van der Waals surface area contributed by atoms with Crippen LogP contribution in [-0.2, 0) is 4.43 Å². The molecule has 0 radical (unpaired) electrons. The Hall–Kier alpha value is 0.0569. The minimum Gasteiger partial charge on any atom is -0.419 e. The maximum atomic E-state index is 6.49. The molecule has 29 heavy (non-hydrogen) atoms. The highest BCUT2D eigenvalue weighted by atomic mass is 28.2. The van der Waals surface area contributed by atoms with Gasteiger partial charge in [0.15, 0.2) is 9.76 Å². The molecule has 0 heterocycles. The SMILES string of the molecule is CCN(CC)CC(CC[SiH2]OC(C)(CC)CC)(CN(CC)CC)CN(CC)CC. The van der Waals surface area contributed by atoms with Crippen LogP contribution in [0.5, 0.6) is 0 Å². The molecule has 0 aliphatic heterocycles. The third-order valence-electron chi connectivity index (χ3n) is 7.16. The molecule has 0 fully saturated rings. The van der Waals surface area contributed by atoms with Crippen LogP contribution in [0.25, 0.3) is 0 Å². The minimum absolute atomic E-state index is 0.103. The van der Waals surface area contributed by atoms with Crippen molar-refractivity contribution in [2.75, 3.05) is 58.9 Å². The van der Waals surface area contributed by atoms with E-state index in [-0.39, 0.29) is 5.60 Å². The summed E-state index contributed by atoms with van der Waals surface area (Å²) in [7, 11) is -0.490. The Labute approximate surface area is 186 Å². The van der Waals surface area contributed by atoms with E-state index in [4.69, 9.17) is 4.43 Å². The third-order valence-corrected chi connectivity index (χ3v) is 8.70. The molecule has 0 spiro atoms. The van der Waals surface area contributed by atoms with E-state index in [1.807, 2.05) is 0 Å². The first-order valence-corrected chi connectivity index (χ1v) is 14.2. The number of hydrogen-bond acceptors (Lipinski definition) is 4. The van der Waals surface area contributed by atoms with Gasteiger partial charge in [-0.25, -0.2) is 0 Å². The van der Waals surface area contributed by atoms with E-state index >= 15 is 0 Å². The van der Waals surface area contributed by atoms with Crippen molar-refractivity contribution in [3.63, 3.8) is 0 Å². The molecule has 0 unspecified atom stereocenters. The summed E-state index contributed by atoms with van der Waals surface area (Å²) < 4.78 is 6.49. The predicted octanol–water partition coefficient (Wildman–Crippen LogP) is 4.49. The first kappa shape index (κ1) is 29.1. The molecule has 0 aliphatic carbocycles. The molecular formula is C24H55N3OSi. The van der Waals surface area contributed by atoms with Crippen molar-refractivity contribution in [2.24, 2.45) is 5.41 Å². The van der Waals surface area contributed by atoms with Crippen LogP contribution >= 0.6 is 0 Å². The zero-order valence-electron chi connectivity index (χ0n) is 21.6. The van der Waals surface area contributed by atoms with E-state index < -0.39 is 9.76 Å². The van der Waals surface area contributed by atoms with Gasteiger partial charge in [-0.3, -0.25) is 0 Å². The van der Waals surface area contributed by atoms with Gasteiger partial charge in [-0.05, 0) is 71.5 Å². The lowest BCUT2D eigenvalue weighted by Gasteiger charge is -2.44. The first-order valence-electron chi connectivity index (χ1n) is 12.6. The van der Waals surface area contributed by atoms with Gasteiger partial charge in [-0.15, -0.1) is 0 Å². The van der Waals surface area contributed by atoms with Crippen molar-refractivity contribution < 1.29 is 4.43 Å². The lowest BCUT2D eigenvalue weighted by molar-refractivity contribution is 0.0550. The fraction of sp³-hybridized carbons (Fsp3) is 1.00. The quantitative estimate of drug-likeness (QED) is 0.222. The van der Waals surface area contributed by atoms with Gasteiger partial charge in [0, 0.05) is 25.0 Å². The summed E-state index contributed by atoms with van der Waals surface area (Å²) in [6.45, 7) is 31.2. The fourth-order valence-electron chi connectivity index (χ4n) is 4.37. The summed E-state index contributed by atoms with van der Waals surface area (Å²) in [5.41, 5.74) is 0.431. The third kappa shape index (κ3) is 10.8. The van der Waals surface area contributed by atoms with E-state index in [1.54, 1.807) is 0 Å². The van der Waals surface area contributed by atoms with E-state index in [0.717, 1.165) is 52.1 Å². The first-order chi connectivity index (χ1) is 13.8. The van der Waals surface area contributed by atoms with Crippen molar-refractivity contribution in [1.82, 2.24) is 14.7 Å². The van der Waals surface area contributed by atoms with Crippen LogP contribution in [0.4, 0.5) is 0 Å². The molecule has 0 aromatic carbocycles. The lowest BCUT2D eigenvalue weighted by atomic mass is 9.82. The van der Waals surface area contributed by atoms with Gasteiger partial charge in [0.05, 0.1) is 5.60 Å². The van der Waals surface area contributed by atoms with E-state index in [9.17, 15) is 0 Å². The van der Waals surface area contributed by atoms with Crippen LogP contribution in [0.3, 0.4) is 0 Å². The summed E-state index contributed by atoms with van der Waals surface area (Å²) in [5.74, 6) is 0. The Kier molecular flexibility index (Phi) is 15.8. The zero-order valence-corrected chi connectivity index (χ0v) is 23.1. The van der Waals surface area contributed by atoms with Crippen molar-refractivity contribution in [3.05, 3.63) is 0 Å². The summed E-state index contributed by atoms with van der Waals surface area (Å²) in [6, 6.07) is 1.29. The van der Waals surface area contributed by atoms with Gasteiger partial charge in [0.1, 0.15) is 0 Å². The Morgan fingerprint density at radius 2 is 0.966 bits per heavy atom. The predicted molar refractivity (Wildman–Crippen MR) is 134 cm³/mol. The maximum absolute atomic E-state index is 6.49. The molecular weight excluding hydrogens is 374 g/mol. The molecule has 0 saturated carbocycles. The van der Waals surface area contributed by atoms with Crippen molar-refractivity contribution in [2.45, 2.75) is 93.2 Å². The average molecular weight is 430 g/mol. The van der Waals surface area contributed by atoms with Crippen LogP contribution in [0.15, 0.2) is 0 Å². The van der Waals surface area contributed by atoms with Crippen LogP contribution in [0.2, 0.25) is 6.04 Å². The van der Waals surface area contributed by atoms with Crippen LogP contribution in [-0.4, -0.2) is 89.0 Å². The molecule has 0 N–H and O–H groups in total. The van der Waals surface area contributed by atoms with E-state index in [0.29, 0.717) is 5.41 Å². The van der Waals surface area contributed by atoms with Crippen LogP contribution < -0.4 is 0 Å². The molecule has 0 rings (SSSR count). The molecule has 0 bridgehead atoms. The largest absolute Gasteiger partial charge is 0.419 e. The molecule has 0 aromatic heterocycles.